The fourth-order valence-electron chi connectivity index (χ4n) is 2.40. The van der Waals surface area contributed by atoms with Gasteiger partial charge in [-0.05, 0) is 25.0 Å². The molecule has 4 heteroatoms. The van der Waals surface area contributed by atoms with Crippen LogP contribution in [0.1, 0.15) is 12.8 Å². The first-order chi connectivity index (χ1) is 7.36. The van der Waals surface area contributed by atoms with Gasteiger partial charge >= 0.3 is 0 Å². The summed E-state index contributed by atoms with van der Waals surface area (Å²) in [5.41, 5.74) is 1.17. The van der Waals surface area contributed by atoms with Gasteiger partial charge in [0.15, 0.2) is 0 Å². The van der Waals surface area contributed by atoms with Gasteiger partial charge in [-0.2, -0.15) is 0 Å². The van der Waals surface area contributed by atoms with Crippen molar-refractivity contribution in [2.75, 3.05) is 18.2 Å². The van der Waals surface area contributed by atoms with Crippen LogP contribution in [-0.4, -0.2) is 28.8 Å². The first-order valence-electron chi connectivity index (χ1n) is 5.38. The Kier molecular flexibility index (Phi) is 2.31. The van der Waals surface area contributed by atoms with E-state index in [0.717, 1.165) is 13.2 Å². The maximum atomic E-state index is 6.33. The Morgan fingerprint density at radius 1 is 1.20 bits per heavy atom. The number of rotatable bonds is 1. The van der Waals surface area contributed by atoms with Crippen LogP contribution in [0, 0.1) is 0 Å². The minimum atomic E-state index is 0.395. The van der Waals surface area contributed by atoms with Crippen LogP contribution >= 0.6 is 11.8 Å². The van der Waals surface area contributed by atoms with Gasteiger partial charge in [-0.15, -0.1) is 4.53 Å². The summed E-state index contributed by atoms with van der Waals surface area (Å²) in [7, 11) is 0. The van der Waals surface area contributed by atoms with Crippen LogP contribution in [0.4, 0.5) is 5.69 Å². The van der Waals surface area contributed by atoms with E-state index >= 15 is 0 Å². The number of halogens is 1. The lowest BCUT2D eigenvalue weighted by Gasteiger charge is -2.24. The van der Waals surface area contributed by atoms with E-state index in [1.807, 2.05) is 22.7 Å². The monoisotopic (exact) mass is 223 g/mol. The second kappa shape index (κ2) is 3.67. The Bertz CT molecular complexity index is 343. The van der Waals surface area contributed by atoms with Crippen LogP contribution in [-0.2, 0) is 0 Å². The molecule has 0 saturated carbocycles. The average molecular weight is 224 g/mol. The highest BCUT2D eigenvalue weighted by Gasteiger charge is 2.40. The summed E-state index contributed by atoms with van der Waals surface area (Å²) in [6, 6.07) is 10.3. The van der Waals surface area contributed by atoms with Crippen molar-refractivity contribution in [3.8, 4) is 0 Å². The molecule has 2 aliphatic heterocycles. The Morgan fingerprint density at radius 2 is 2.00 bits per heavy atom. The van der Waals surface area contributed by atoms with Gasteiger partial charge in [-0.3, -0.25) is 9.91 Å². The lowest BCUT2D eigenvalue weighted by Crippen LogP contribution is -2.33. The number of anilines is 1. The molecule has 3 nitrogen and oxygen atoms in total. The molecule has 1 atom stereocenters. The molecule has 0 radical (unpaired) electrons. The third kappa shape index (κ3) is 1.51. The van der Waals surface area contributed by atoms with Crippen molar-refractivity contribution in [1.29, 1.82) is 0 Å². The van der Waals surface area contributed by atoms with Crippen molar-refractivity contribution >= 4 is 17.5 Å². The van der Waals surface area contributed by atoms with E-state index in [0.29, 0.717) is 6.17 Å². The normalized spacial score (nSPS) is 27.3. The summed E-state index contributed by atoms with van der Waals surface area (Å²) in [5.74, 6) is 0. The van der Waals surface area contributed by atoms with Crippen LogP contribution in [0.15, 0.2) is 30.3 Å². The van der Waals surface area contributed by atoms with Gasteiger partial charge in [-0.25, -0.2) is 0 Å². The molecule has 0 aliphatic carbocycles. The van der Waals surface area contributed by atoms with Gasteiger partial charge in [0.1, 0.15) is 0 Å². The molecule has 0 N–H and O–H groups in total. The lowest BCUT2D eigenvalue weighted by molar-refractivity contribution is 0.256. The van der Waals surface area contributed by atoms with Crippen LogP contribution in [0.3, 0.4) is 0 Å². The maximum Gasteiger partial charge on any atom is 0.0992 e. The van der Waals surface area contributed by atoms with Crippen molar-refractivity contribution in [3.63, 3.8) is 0 Å². The molecule has 1 aromatic carbocycles. The summed E-state index contributed by atoms with van der Waals surface area (Å²) in [5, 5.41) is 2.13. The van der Waals surface area contributed by atoms with Crippen LogP contribution < -0.4 is 5.01 Å². The summed E-state index contributed by atoms with van der Waals surface area (Å²) in [4.78, 5) is 2.42. The third-order valence-corrected chi connectivity index (χ3v) is 3.58. The summed E-state index contributed by atoms with van der Waals surface area (Å²) in [6.07, 6.45) is 2.83. The van der Waals surface area contributed by atoms with Crippen molar-refractivity contribution in [1.82, 2.24) is 9.43 Å². The molecule has 2 aliphatic rings. The van der Waals surface area contributed by atoms with Crippen molar-refractivity contribution in [2.24, 2.45) is 0 Å². The van der Waals surface area contributed by atoms with Crippen molar-refractivity contribution in [3.05, 3.63) is 30.3 Å². The molecule has 0 bridgehead atoms. The quantitative estimate of drug-likeness (QED) is 0.677. The Labute approximate surface area is 94.9 Å². The maximum absolute atomic E-state index is 6.33. The van der Waals surface area contributed by atoms with Crippen LogP contribution in [0.2, 0.25) is 0 Å². The molecule has 2 saturated heterocycles. The molecular formula is C11H14ClN3. The SMILES string of the molecule is ClN1C2CCCN2CN1c1ccccc1. The molecule has 0 amide bonds. The smallest absolute Gasteiger partial charge is 0.0992 e. The molecule has 15 heavy (non-hydrogen) atoms. The van der Waals surface area contributed by atoms with Gasteiger partial charge in [0, 0.05) is 18.3 Å². The number of nitrogens with zero attached hydrogens (tertiary/aromatic N) is 3. The van der Waals surface area contributed by atoms with E-state index < -0.39 is 0 Å². The first kappa shape index (κ1) is 9.46. The molecule has 1 unspecified atom stereocenters. The van der Waals surface area contributed by atoms with Crippen LogP contribution in [0.25, 0.3) is 0 Å². The summed E-state index contributed by atoms with van der Waals surface area (Å²) >= 11 is 6.33. The molecule has 0 aromatic heterocycles. The van der Waals surface area contributed by atoms with E-state index in [4.69, 9.17) is 11.8 Å². The highest BCUT2D eigenvalue weighted by Crippen LogP contribution is 2.33. The minimum Gasteiger partial charge on any atom is -0.276 e. The van der Waals surface area contributed by atoms with E-state index in [2.05, 4.69) is 22.0 Å². The molecule has 2 fully saturated rings. The van der Waals surface area contributed by atoms with Gasteiger partial charge in [-0.1, -0.05) is 18.2 Å². The number of fused-ring (bicyclic) bond motifs is 1. The topological polar surface area (TPSA) is 9.72 Å². The number of para-hydroxylation sites is 1. The molecule has 0 spiro atoms. The second-order valence-electron chi connectivity index (χ2n) is 4.10. The zero-order valence-electron chi connectivity index (χ0n) is 8.51. The van der Waals surface area contributed by atoms with E-state index in [9.17, 15) is 0 Å². The standard InChI is InChI=1S/C11H14ClN3/c12-15-11-7-4-8-13(11)9-14(15)10-5-2-1-3-6-10/h1-3,5-6,11H,4,7-9H2. The van der Waals surface area contributed by atoms with Crippen LogP contribution in [0.5, 0.6) is 0 Å². The Hall–Kier alpha value is -0.770. The largest absolute Gasteiger partial charge is 0.276 e. The molecule has 1 aromatic rings. The fraction of sp³-hybridized carbons (Fsp3) is 0.455. The predicted molar refractivity (Wildman–Crippen MR) is 61.2 cm³/mol. The zero-order valence-corrected chi connectivity index (χ0v) is 9.27. The molecule has 80 valence electrons. The van der Waals surface area contributed by atoms with E-state index in [1.54, 1.807) is 0 Å². The van der Waals surface area contributed by atoms with Crippen molar-refractivity contribution < 1.29 is 0 Å². The average Bonchev–Trinajstić information content (AvgIpc) is 2.83. The van der Waals surface area contributed by atoms with Crippen molar-refractivity contribution in [2.45, 2.75) is 19.0 Å². The number of benzene rings is 1. The lowest BCUT2D eigenvalue weighted by atomic mass is 10.3. The minimum absolute atomic E-state index is 0.395. The molecular weight excluding hydrogens is 210 g/mol. The van der Waals surface area contributed by atoms with E-state index in [-0.39, 0.29) is 0 Å². The van der Waals surface area contributed by atoms with Gasteiger partial charge in [0.2, 0.25) is 0 Å². The molecule has 3 rings (SSSR count). The number of hydrazine groups is 1. The third-order valence-electron chi connectivity index (χ3n) is 3.18. The predicted octanol–water partition coefficient (Wildman–Crippen LogP) is 2.26. The molecule has 2 heterocycles. The number of hydrogen-bond donors (Lipinski definition) is 0. The first-order valence-corrected chi connectivity index (χ1v) is 5.71. The van der Waals surface area contributed by atoms with Gasteiger partial charge in [0.25, 0.3) is 0 Å². The van der Waals surface area contributed by atoms with E-state index in [1.165, 1.54) is 18.5 Å². The summed E-state index contributed by atoms with van der Waals surface area (Å²) < 4.78 is 1.85. The van der Waals surface area contributed by atoms with Gasteiger partial charge in [0.05, 0.1) is 18.5 Å². The summed E-state index contributed by atoms with van der Waals surface area (Å²) in [6.45, 7) is 2.08. The number of hydrogen-bond acceptors (Lipinski definition) is 3. The second-order valence-corrected chi connectivity index (χ2v) is 4.45. The Balaban J connectivity index is 1.85. The zero-order chi connectivity index (χ0) is 10.3. The highest BCUT2D eigenvalue weighted by molar-refractivity contribution is 6.14. The Morgan fingerprint density at radius 3 is 2.73 bits per heavy atom. The highest BCUT2D eigenvalue weighted by atomic mass is 35.5. The fourth-order valence-corrected chi connectivity index (χ4v) is 2.76. The van der Waals surface area contributed by atoms with Gasteiger partial charge < -0.3 is 0 Å².